The third-order valence-corrected chi connectivity index (χ3v) is 4.27. The number of nitrogens with one attached hydrogen (secondary N) is 2. The zero-order valence-electron chi connectivity index (χ0n) is 10.4. The fourth-order valence-corrected chi connectivity index (χ4v) is 3.02. The van der Waals surface area contributed by atoms with Crippen molar-refractivity contribution in [2.75, 3.05) is 18.8 Å². The summed E-state index contributed by atoms with van der Waals surface area (Å²) in [5.74, 6) is 1.41. The summed E-state index contributed by atoms with van der Waals surface area (Å²) < 4.78 is 0. The molecular weight excluding hydrogens is 220 g/mol. The van der Waals surface area contributed by atoms with Crippen LogP contribution >= 0.6 is 11.8 Å². The van der Waals surface area contributed by atoms with E-state index in [0.29, 0.717) is 5.25 Å². The number of hydrogen-bond acceptors (Lipinski definition) is 3. The summed E-state index contributed by atoms with van der Waals surface area (Å²) in [5, 5.41) is 6.94. The van der Waals surface area contributed by atoms with Gasteiger partial charge in [-0.2, -0.15) is 11.8 Å². The fraction of sp³-hybridized carbons (Fsp3) is 0.917. The molecule has 0 radical (unpaired) electrons. The Morgan fingerprint density at radius 3 is 2.94 bits per heavy atom. The van der Waals surface area contributed by atoms with Gasteiger partial charge in [0.05, 0.1) is 6.04 Å². The van der Waals surface area contributed by atoms with Gasteiger partial charge in [0.25, 0.3) is 0 Å². The van der Waals surface area contributed by atoms with Crippen LogP contribution in [0.5, 0.6) is 0 Å². The maximum Gasteiger partial charge on any atom is 0.236 e. The summed E-state index contributed by atoms with van der Waals surface area (Å²) in [6, 6.07) is -0.0610. The SMILES string of the molecule is CCCNC(=O)C(C)NCC1CCCCS1. The van der Waals surface area contributed by atoms with Crippen molar-refractivity contribution in [3.05, 3.63) is 0 Å². The van der Waals surface area contributed by atoms with E-state index in [4.69, 9.17) is 0 Å². The molecule has 0 aromatic carbocycles. The van der Waals surface area contributed by atoms with Crippen LogP contribution in [0.1, 0.15) is 39.5 Å². The first-order chi connectivity index (χ1) is 7.74. The minimum Gasteiger partial charge on any atom is -0.355 e. The molecule has 2 unspecified atom stereocenters. The van der Waals surface area contributed by atoms with Gasteiger partial charge in [-0.05, 0) is 31.9 Å². The van der Waals surface area contributed by atoms with Gasteiger partial charge in [-0.25, -0.2) is 0 Å². The molecule has 1 saturated heterocycles. The van der Waals surface area contributed by atoms with Gasteiger partial charge in [-0.15, -0.1) is 0 Å². The first-order valence-electron chi connectivity index (χ1n) is 6.36. The van der Waals surface area contributed by atoms with Gasteiger partial charge in [0, 0.05) is 18.3 Å². The van der Waals surface area contributed by atoms with E-state index < -0.39 is 0 Å². The highest BCUT2D eigenvalue weighted by atomic mass is 32.2. The number of hydrogen-bond donors (Lipinski definition) is 2. The summed E-state index contributed by atoms with van der Waals surface area (Å²) in [4.78, 5) is 11.6. The van der Waals surface area contributed by atoms with Crippen molar-refractivity contribution in [1.82, 2.24) is 10.6 Å². The van der Waals surface area contributed by atoms with Crippen LogP contribution in [0.3, 0.4) is 0 Å². The molecule has 2 atom stereocenters. The standard InChI is InChI=1S/C12H24N2OS/c1-3-7-13-12(15)10(2)14-9-11-6-4-5-8-16-11/h10-11,14H,3-9H2,1-2H3,(H,13,15). The van der Waals surface area contributed by atoms with Crippen molar-refractivity contribution >= 4 is 17.7 Å². The van der Waals surface area contributed by atoms with Crippen molar-refractivity contribution in [1.29, 1.82) is 0 Å². The second kappa shape index (κ2) is 7.96. The van der Waals surface area contributed by atoms with E-state index in [9.17, 15) is 4.79 Å². The lowest BCUT2D eigenvalue weighted by Crippen LogP contribution is -2.44. The van der Waals surface area contributed by atoms with Gasteiger partial charge in [0.2, 0.25) is 5.91 Å². The number of carbonyl (C=O) groups is 1. The van der Waals surface area contributed by atoms with Crippen molar-refractivity contribution < 1.29 is 4.79 Å². The van der Waals surface area contributed by atoms with Crippen molar-refractivity contribution in [2.24, 2.45) is 0 Å². The van der Waals surface area contributed by atoms with E-state index in [-0.39, 0.29) is 11.9 Å². The number of rotatable bonds is 6. The Bertz CT molecular complexity index is 205. The van der Waals surface area contributed by atoms with Gasteiger partial charge >= 0.3 is 0 Å². The van der Waals surface area contributed by atoms with Crippen molar-refractivity contribution in [3.63, 3.8) is 0 Å². The Morgan fingerprint density at radius 1 is 1.50 bits per heavy atom. The van der Waals surface area contributed by atoms with Crippen LogP contribution in [0.2, 0.25) is 0 Å². The molecule has 1 heterocycles. The van der Waals surface area contributed by atoms with Gasteiger partial charge in [0.1, 0.15) is 0 Å². The van der Waals surface area contributed by atoms with Crippen LogP contribution in [-0.2, 0) is 4.79 Å². The first-order valence-corrected chi connectivity index (χ1v) is 7.41. The molecule has 0 saturated carbocycles. The molecule has 16 heavy (non-hydrogen) atoms. The molecular formula is C12H24N2OS. The van der Waals surface area contributed by atoms with Crippen molar-refractivity contribution in [2.45, 2.75) is 50.8 Å². The molecule has 1 fully saturated rings. The number of amides is 1. The van der Waals surface area contributed by atoms with Crippen LogP contribution < -0.4 is 10.6 Å². The normalized spacial score (nSPS) is 22.8. The molecule has 3 nitrogen and oxygen atoms in total. The average Bonchev–Trinajstić information content (AvgIpc) is 2.34. The van der Waals surface area contributed by atoms with E-state index in [2.05, 4.69) is 17.6 Å². The third-order valence-electron chi connectivity index (χ3n) is 2.87. The van der Waals surface area contributed by atoms with Gasteiger partial charge < -0.3 is 10.6 Å². The maximum absolute atomic E-state index is 11.6. The largest absolute Gasteiger partial charge is 0.355 e. The van der Waals surface area contributed by atoms with Crippen molar-refractivity contribution in [3.8, 4) is 0 Å². The summed E-state index contributed by atoms with van der Waals surface area (Å²) in [7, 11) is 0. The summed E-state index contributed by atoms with van der Waals surface area (Å²) >= 11 is 2.04. The molecule has 1 amide bonds. The van der Waals surface area contributed by atoms with Gasteiger partial charge in [0.15, 0.2) is 0 Å². The predicted molar refractivity (Wildman–Crippen MR) is 70.9 cm³/mol. The highest BCUT2D eigenvalue weighted by molar-refractivity contribution is 7.99. The Balaban J connectivity index is 2.12. The molecule has 0 aromatic rings. The van der Waals surface area contributed by atoms with Crippen LogP contribution in [0.15, 0.2) is 0 Å². The van der Waals surface area contributed by atoms with Crippen LogP contribution in [-0.4, -0.2) is 36.0 Å². The molecule has 0 bridgehead atoms. The Hall–Kier alpha value is -0.220. The lowest BCUT2D eigenvalue weighted by Gasteiger charge is -2.23. The monoisotopic (exact) mass is 244 g/mol. The van der Waals surface area contributed by atoms with E-state index in [1.165, 1.54) is 25.0 Å². The van der Waals surface area contributed by atoms with E-state index in [1.807, 2.05) is 18.7 Å². The predicted octanol–water partition coefficient (Wildman–Crippen LogP) is 1.78. The molecule has 1 aliphatic heterocycles. The fourth-order valence-electron chi connectivity index (χ4n) is 1.77. The molecule has 0 aromatic heterocycles. The Labute approximate surface area is 103 Å². The molecule has 1 rings (SSSR count). The second-order valence-electron chi connectivity index (χ2n) is 4.41. The van der Waals surface area contributed by atoms with E-state index in [0.717, 1.165) is 19.5 Å². The van der Waals surface area contributed by atoms with E-state index in [1.54, 1.807) is 0 Å². The molecule has 94 valence electrons. The minimum absolute atomic E-state index is 0.0610. The second-order valence-corrected chi connectivity index (χ2v) is 5.82. The molecule has 1 aliphatic rings. The summed E-state index contributed by atoms with van der Waals surface area (Å²) in [6.07, 6.45) is 4.99. The van der Waals surface area contributed by atoms with Gasteiger partial charge in [-0.1, -0.05) is 13.3 Å². The van der Waals surface area contributed by atoms with Crippen LogP contribution in [0.4, 0.5) is 0 Å². The lowest BCUT2D eigenvalue weighted by molar-refractivity contribution is -0.122. The zero-order chi connectivity index (χ0) is 11.8. The molecule has 0 spiro atoms. The molecule has 4 heteroatoms. The topological polar surface area (TPSA) is 41.1 Å². The minimum atomic E-state index is -0.0610. The maximum atomic E-state index is 11.6. The molecule has 2 N–H and O–H groups in total. The molecule has 0 aliphatic carbocycles. The van der Waals surface area contributed by atoms with Crippen LogP contribution in [0.25, 0.3) is 0 Å². The first kappa shape index (κ1) is 13.8. The third kappa shape index (κ3) is 5.21. The summed E-state index contributed by atoms with van der Waals surface area (Å²) in [5.41, 5.74) is 0. The Kier molecular flexibility index (Phi) is 6.88. The van der Waals surface area contributed by atoms with Gasteiger partial charge in [-0.3, -0.25) is 4.79 Å². The average molecular weight is 244 g/mol. The zero-order valence-corrected chi connectivity index (χ0v) is 11.2. The summed E-state index contributed by atoms with van der Waals surface area (Å²) in [6.45, 7) is 5.75. The number of carbonyl (C=O) groups excluding carboxylic acids is 1. The van der Waals surface area contributed by atoms with E-state index >= 15 is 0 Å². The highest BCUT2D eigenvalue weighted by Crippen LogP contribution is 2.24. The van der Waals surface area contributed by atoms with Crippen LogP contribution in [0, 0.1) is 0 Å². The Morgan fingerprint density at radius 2 is 2.31 bits per heavy atom. The lowest BCUT2D eigenvalue weighted by atomic mass is 10.2. The number of thioether (sulfide) groups is 1. The quantitative estimate of drug-likeness (QED) is 0.748. The highest BCUT2D eigenvalue weighted by Gasteiger charge is 2.17. The smallest absolute Gasteiger partial charge is 0.236 e.